The van der Waals surface area contributed by atoms with Crippen molar-refractivity contribution in [1.82, 2.24) is 5.32 Å². The third-order valence-electron chi connectivity index (χ3n) is 3.82. The maximum atomic E-state index is 8.98. The molecule has 0 aliphatic carbocycles. The van der Waals surface area contributed by atoms with Crippen molar-refractivity contribution in [3.8, 4) is 17.6 Å². The van der Waals surface area contributed by atoms with E-state index in [1.54, 1.807) is 19.2 Å². The fourth-order valence-electron chi connectivity index (χ4n) is 2.53. The number of nitriles is 1. The van der Waals surface area contributed by atoms with Crippen LogP contribution in [0.3, 0.4) is 0 Å². The number of nitrogens with zero attached hydrogens (tertiary/aromatic N) is 1. The van der Waals surface area contributed by atoms with E-state index in [0.717, 1.165) is 25.9 Å². The molecule has 1 unspecified atom stereocenters. The molecule has 0 amide bonds. The summed E-state index contributed by atoms with van der Waals surface area (Å²) in [5, 5.41) is 12.3. The normalized spacial score (nSPS) is 17.2. The van der Waals surface area contributed by atoms with Crippen LogP contribution >= 0.6 is 0 Å². The second kappa shape index (κ2) is 6.49. The van der Waals surface area contributed by atoms with E-state index >= 15 is 0 Å². The van der Waals surface area contributed by atoms with Crippen molar-refractivity contribution in [1.29, 1.82) is 5.26 Å². The van der Waals surface area contributed by atoms with E-state index < -0.39 is 0 Å². The van der Waals surface area contributed by atoms with Crippen molar-refractivity contribution in [2.75, 3.05) is 25.9 Å². The van der Waals surface area contributed by atoms with Gasteiger partial charge >= 0.3 is 0 Å². The quantitative estimate of drug-likeness (QED) is 0.820. The van der Waals surface area contributed by atoms with Gasteiger partial charge in [0, 0.05) is 12.1 Å². The Kier molecular flexibility index (Phi) is 4.70. The monoisotopic (exact) mass is 275 g/mol. The second-order valence-corrected chi connectivity index (χ2v) is 5.11. The van der Waals surface area contributed by atoms with Gasteiger partial charge < -0.3 is 20.5 Å². The van der Waals surface area contributed by atoms with Crippen LogP contribution in [0.25, 0.3) is 0 Å². The van der Waals surface area contributed by atoms with E-state index in [0.29, 0.717) is 28.7 Å². The van der Waals surface area contributed by atoms with Gasteiger partial charge in [0.2, 0.25) is 0 Å². The number of nitrogens with two attached hydrogens (primary N) is 1. The maximum absolute atomic E-state index is 8.98. The molecule has 0 saturated carbocycles. The molecule has 3 N–H and O–H groups in total. The number of hydrogen-bond acceptors (Lipinski definition) is 5. The molecule has 0 aromatic heterocycles. The van der Waals surface area contributed by atoms with Gasteiger partial charge in [-0.1, -0.05) is 0 Å². The van der Waals surface area contributed by atoms with Crippen LogP contribution in [-0.4, -0.2) is 26.3 Å². The summed E-state index contributed by atoms with van der Waals surface area (Å²) in [6, 6.07) is 5.35. The maximum Gasteiger partial charge on any atom is 0.163 e. The van der Waals surface area contributed by atoms with E-state index in [1.807, 2.05) is 6.07 Å². The first-order chi connectivity index (χ1) is 9.65. The molecule has 1 aromatic carbocycles. The largest absolute Gasteiger partial charge is 0.493 e. The molecule has 1 atom stereocenters. The third-order valence-corrected chi connectivity index (χ3v) is 3.82. The van der Waals surface area contributed by atoms with E-state index in [-0.39, 0.29) is 6.10 Å². The summed E-state index contributed by atoms with van der Waals surface area (Å²) in [4.78, 5) is 0. The number of rotatable bonds is 4. The number of anilines is 1. The number of methoxy groups -OCH3 is 1. The Morgan fingerprint density at radius 2 is 2.05 bits per heavy atom. The molecule has 1 fully saturated rings. The summed E-state index contributed by atoms with van der Waals surface area (Å²) >= 11 is 0. The molecule has 0 bridgehead atoms. The van der Waals surface area contributed by atoms with Crippen molar-refractivity contribution in [2.45, 2.75) is 25.9 Å². The van der Waals surface area contributed by atoms with Crippen LogP contribution in [0.4, 0.5) is 5.69 Å². The lowest BCUT2D eigenvalue weighted by Gasteiger charge is -2.29. The summed E-state index contributed by atoms with van der Waals surface area (Å²) < 4.78 is 11.3. The van der Waals surface area contributed by atoms with E-state index in [9.17, 15) is 0 Å². The molecule has 108 valence electrons. The summed E-state index contributed by atoms with van der Waals surface area (Å²) in [7, 11) is 1.56. The van der Waals surface area contributed by atoms with Crippen LogP contribution in [0.15, 0.2) is 12.1 Å². The number of ether oxygens (including phenoxy) is 2. The van der Waals surface area contributed by atoms with Crippen LogP contribution in [0.5, 0.6) is 11.5 Å². The van der Waals surface area contributed by atoms with Crippen molar-refractivity contribution < 1.29 is 9.47 Å². The van der Waals surface area contributed by atoms with E-state index in [1.165, 1.54) is 0 Å². The Bertz CT molecular complexity index is 505. The molecule has 1 aliphatic rings. The van der Waals surface area contributed by atoms with Gasteiger partial charge in [0.1, 0.15) is 6.07 Å². The number of benzene rings is 1. The van der Waals surface area contributed by atoms with Gasteiger partial charge in [-0.25, -0.2) is 0 Å². The molecule has 1 aromatic rings. The highest BCUT2D eigenvalue weighted by atomic mass is 16.5. The predicted octanol–water partition coefficient (Wildman–Crippen LogP) is 1.92. The van der Waals surface area contributed by atoms with Crippen molar-refractivity contribution >= 4 is 5.69 Å². The first-order valence-electron chi connectivity index (χ1n) is 6.90. The zero-order chi connectivity index (χ0) is 14.5. The highest BCUT2D eigenvalue weighted by molar-refractivity contribution is 5.62. The lowest BCUT2D eigenvalue weighted by atomic mass is 9.93. The molecule has 5 heteroatoms. The van der Waals surface area contributed by atoms with Crippen LogP contribution < -0.4 is 20.5 Å². The summed E-state index contributed by atoms with van der Waals surface area (Å²) in [6.07, 6.45) is 2.31. The molecule has 5 nitrogen and oxygen atoms in total. The topological polar surface area (TPSA) is 80.3 Å². The van der Waals surface area contributed by atoms with Gasteiger partial charge in [-0.15, -0.1) is 0 Å². The summed E-state index contributed by atoms with van der Waals surface area (Å²) in [6.45, 7) is 4.14. The average molecular weight is 275 g/mol. The van der Waals surface area contributed by atoms with E-state index in [2.05, 4.69) is 12.2 Å². The fourth-order valence-corrected chi connectivity index (χ4v) is 2.53. The molecule has 1 aliphatic heterocycles. The number of nitrogen functional groups attached to an aromatic ring is 1. The lowest BCUT2D eigenvalue weighted by Crippen LogP contribution is -2.35. The molecular formula is C15H21N3O2. The molecular weight excluding hydrogens is 254 g/mol. The van der Waals surface area contributed by atoms with Gasteiger partial charge in [0.05, 0.1) is 24.5 Å². The van der Waals surface area contributed by atoms with Crippen LogP contribution in [0.2, 0.25) is 0 Å². The highest BCUT2D eigenvalue weighted by Crippen LogP contribution is 2.34. The molecule has 20 heavy (non-hydrogen) atoms. The summed E-state index contributed by atoms with van der Waals surface area (Å²) in [5.74, 6) is 1.68. The highest BCUT2D eigenvalue weighted by Gasteiger charge is 2.22. The SMILES string of the molecule is COc1cc(C#N)c(N)cc1OC(C)C1CCNCC1. The van der Waals surface area contributed by atoms with Gasteiger partial charge in [0.25, 0.3) is 0 Å². The molecule has 0 spiro atoms. The Morgan fingerprint density at radius 1 is 1.35 bits per heavy atom. The van der Waals surface area contributed by atoms with E-state index in [4.69, 9.17) is 20.5 Å². The molecule has 1 heterocycles. The standard InChI is InChI=1S/C15H21N3O2/c1-10(11-3-5-18-6-4-11)20-15-8-13(17)12(9-16)7-14(15)19-2/h7-8,10-11,18H,3-6,17H2,1-2H3. The third kappa shape index (κ3) is 3.14. The summed E-state index contributed by atoms with van der Waals surface area (Å²) in [5.41, 5.74) is 6.67. The fraction of sp³-hybridized carbons (Fsp3) is 0.533. The molecule has 0 radical (unpaired) electrons. The van der Waals surface area contributed by atoms with Crippen molar-refractivity contribution in [3.63, 3.8) is 0 Å². The minimum Gasteiger partial charge on any atom is -0.493 e. The number of nitrogens with one attached hydrogen (secondary N) is 1. The Labute approximate surface area is 119 Å². The predicted molar refractivity (Wildman–Crippen MR) is 77.8 cm³/mol. The Balaban J connectivity index is 2.15. The molecule has 1 saturated heterocycles. The first kappa shape index (κ1) is 14.5. The van der Waals surface area contributed by atoms with Crippen LogP contribution in [0.1, 0.15) is 25.3 Å². The minimum absolute atomic E-state index is 0.0957. The number of piperidine rings is 1. The second-order valence-electron chi connectivity index (χ2n) is 5.11. The Morgan fingerprint density at radius 3 is 2.65 bits per heavy atom. The van der Waals surface area contributed by atoms with Crippen LogP contribution in [-0.2, 0) is 0 Å². The zero-order valence-corrected chi connectivity index (χ0v) is 12.0. The zero-order valence-electron chi connectivity index (χ0n) is 12.0. The van der Waals surface area contributed by atoms with Gasteiger partial charge in [-0.3, -0.25) is 0 Å². The Hall–Kier alpha value is -1.93. The van der Waals surface area contributed by atoms with Gasteiger partial charge in [0.15, 0.2) is 11.5 Å². The minimum atomic E-state index is 0.0957. The van der Waals surface area contributed by atoms with Crippen molar-refractivity contribution in [3.05, 3.63) is 17.7 Å². The van der Waals surface area contributed by atoms with Gasteiger partial charge in [-0.2, -0.15) is 5.26 Å². The number of hydrogen-bond donors (Lipinski definition) is 2. The van der Waals surface area contributed by atoms with Crippen molar-refractivity contribution in [2.24, 2.45) is 5.92 Å². The smallest absolute Gasteiger partial charge is 0.163 e. The average Bonchev–Trinajstić information content (AvgIpc) is 2.48. The first-order valence-corrected chi connectivity index (χ1v) is 6.90. The van der Waals surface area contributed by atoms with Gasteiger partial charge in [-0.05, 0) is 38.8 Å². The molecule has 2 rings (SSSR count). The lowest BCUT2D eigenvalue weighted by molar-refractivity contribution is 0.124. The van der Waals surface area contributed by atoms with Crippen LogP contribution in [0, 0.1) is 17.2 Å².